The Balaban J connectivity index is 2.49. The molecule has 1 saturated heterocycles. The highest BCUT2D eigenvalue weighted by atomic mass is 16.5. The van der Waals surface area contributed by atoms with Crippen LogP contribution in [-0.2, 0) is 4.74 Å². The molecule has 0 aromatic heterocycles. The summed E-state index contributed by atoms with van der Waals surface area (Å²) < 4.78 is 5.93. The average Bonchev–Trinajstić information content (AvgIpc) is 2.17. The van der Waals surface area contributed by atoms with Crippen LogP contribution in [0.25, 0.3) is 0 Å². The number of hydrogen-bond donors (Lipinski definition) is 0. The molecule has 0 radical (unpaired) electrons. The van der Waals surface area contributed by atoms with E-state index in [2.05, 4.69) is 32.6 Å². The van der Waals surface area contributed by atoms with E-state index >= 15 is 0 Å². The Morgan fingerprint density at radius 1 is 1.29 bits per heavy atom. The van der Waals surface area contributed by atoms with Gasteiger partial charge in [-0.15, -0.1) is 0 Å². The first-order valence-corrected chi connectivity index (χ1v) is 5.98. The monoisotopic (exact) mass is 199 g/mol. The molecule has 84 valence electrons. The lowest BCUT2D eigenvalue weighted by Gasteiger charge is -2.42. The molecule has 0 aromatic rings. The lowest BCUT2D eigenvalue weighted by molar-refractivity contribution is -0.114. The van der Waals surface area contributed by atoms with Gasteiger partial charge in [0.15, 0.2) is 0 Å². The SMILES string of the molecule is CCC1(CC)CN(CC(C)C)CCO1. The highest BCUT2D eigenvalue weighted by molar-refractivity contribution is 4.85. The number of hydrogen-bond acceptors (Lipinski definition) is 2. The predicted molar refractivity (Wildman–Crippen MR) is 60.5 cm³/mol. The fourth-order valence-corrected chi connectivity index (χ4v) is 2.27. The molecule has 1 rings (SSSR count). The minimum Gasteiger partial charge on any atom is -0.372 e. The molecular weight excluding hydrogens is 174 g/mol. The minimum absolute atomic E-state index is 0.146. The van der Waals surface area contributed by atoms with Gasteiger partial charge in [-0.25, -0.2) is 0 Å². The summed E-state index contributed by atoms with van der Waals surface area (Å²) in [6, 6.07) is 0. The van der Waals surface area contributed by atoms with Crippen molar-refractivity contribution in [2.45, 2.75) is 46.1 Å². The largest absolute Gasteiger partial charge is 0.372 e. The van der Waals surface area contributed by atoms with Gasteiger partial charge in [0.25, 0.3) is 0 Å². The van der Waals surface area contributed by atoms with E-state index in [0.717, 1.165) is 38.5 Å². The van der Waals surface area contributed by atoms with E-state index < -0.39 is 0 Å². The van der Waals surface area contributed by atoms with Gasteiger partial charge >= 0.3 is 0 Å². The molecule has 0 saturated carbocycles. The first-order valence-electron chi connectivity index (χ1n) is 5.98. The van der Waals surface area contributed by atoms with Crippen LogP contribution in [0.15, 0.2) is 0 Å². The third kappa shape index (κ3) is 2.96. The van der Waals surface area contributed by atoms with Crippen molar-refractivity contribution in [3.05, 3.63) is 0 Å². The smallest absolute Gasteiger partial charge is 0.0804 e. The third-order valence-corrected chi connectivity index (χ3v) is 3.24. The average molecular weight is 199 g/mol. The van der Waals surface area contributed by atoms with Crippen LogP contribution in [0.4, 0.5) is 0 Å². The van der Waals surface area contributed by atoms with Gasteiger partial charge in [0.1, 0.15) is 0 Å². The first kappa shape index (κ1) is 12.0. The summed E-state index contributed by atoms with van der Waals surface area (Å²) in [6.45, 7) is 13.4. The maximum atomic E-state index is 5.93. The van der Waals surface area contributed by atoms with Gasteiger partial charge in [-0.1, -0.05) is 27.7 Å². The van der Waals surface area contributed by atoms with E-state index in [0.29, 0.717) is 0 Å². The Morgan fingerprint density at radius 2 is 1.93 bits per heavy atom. The van der Waals surface area contributed by atoms with Crippen LogP contribution in [-0.4, -0.2) is 36.7 Å². The van der Waals surface area contributed by atoms with Crippen LogP contribution in [0.5, 0.6) is 0 Å². The van der Waals surface area contributed by atoms with Gasteiger partial charge in [-0.3, -0.25) is 4.90 Å². The fourth-order valence-electron chi connectivity index (χ4n) is 2.27. The zero-order valence-electron chi connectivity index (χ0n) is 10.2. The maximum Gasteiger partial charge on any atom is 0.0804 e. The quantitative estimate of drug-likeness (QED) is 0.690. The van der Waals surface area contributed by atoms with Crippen molar-refractivity contribution in [2.75, 3.05) is 26.2 Å². The zero-order valence-corrected chi connectivity index (χ0v) is 10.2. The Hall–Kier alpha value is -0.0800. The summed E-state index contributed by atoms with van der Waals surface area (Å²) in [6.07, 6.45) is 2.27. The van der Waals surface area contributed by atoms with Gasteiger partial charge in [-0.05, 0) is 18.8 Å². The van der Waals surface area contributed by atoms with E-state index in [1.54, 1.807) is 0 Å². The molecule has 0 atom stereocenters. The Kier molecular flexibility index (Phi) is 4.39. The van der Waals surface area contributed by atoms with Gasteiger partial charge in [-0.2, -0.15) is 0 Å². The number of nitrogens with zero attached hydrogens (tertiary/aromatic N) is 1. The summed E-state index contributed by atoms with van der Waals surface area (Å²) in [5.41, 5.74) is 0.146. The van der Waals surface area contributed by atoms with Gasteiger partial charge < -0.3 is 4.74 Å². The zero-order chi connectivity index (χ0) is 10.6. The summed E-state index contributed by atoms with van der Waals surface area (Å²) in [4.78, 5) is 2.56. The van der Waals surface area contributed by atoms with Crippen molar-refractivity contribution in [3.8, 4) is 0 Å². The van der Waals surface area contributed by atoms with E-state index in [-0.39, 0.29) is 5.60 Å². The molecule has 0 unspecified atom stereocenters. The molecule has 0 spiro atoms. The molecule has 2 nitrogen and oxygen atoms in total. The first-order chi connectivity index (χ1) is 6.62. The van der Waals surface area contributed by atoms with Gasteiger partial charge in [0, 0.05) is 19.6 Å². The van der Waals surface area contributed by atoms with Crippen LogP contribution in [0, 0.1) is 5.92 Å². The second kappa shape index (κ2) is 5.13. The number of ether oxygens (including phenoxy) is 1. The second-order valence-electron chi connectivity index (χ2n) is 4.87. The minimum atomic E-state index is 0.146. The maximum absolute atomic E-state index is 5.93. The van der Waals surface area contributed by atoms with Crippen molar-refractivity contribution in [2.24, 2.45) is 5.92 Å². The third-order valence-electron chi connectivity index (χ3n) is 3.24. The molecule has 0 bridgehead atoms. The molecule has 0 aromatic carbocycles. The molecule has 0 aliphatic carbocycles. The highest BCUT2D eigenvalue weighted by Gasteiger charge is 2.33. The van der Waals surface area contributed by atoms with E-state index in [4.69, 9.17) is 4.74 Å². The molecular formula is C12H25NO. The molecule has 1 aliphatic rings. The highest BCUT2D eigenvalue weighted by Crippen LogP contribution is 2.25. The molecule has 0 amide bonds. The second-order valence-corrected chi connectivity index (χ2v) is 4.87. The van der Waals surface area contributed by atoms with Crippen LogP contribution >= 0.6 is 0 Å². The van der Waals surface area contributed by atoms with Crippen molar-refractivity contribution in [3.63, 3.8) is 0 Å². The van der Waals surface area contributed by atoms with E-state index in [1.165, 1.54) is 6.54 Å². The standard InChI is InChI=1S/C12H25NO/c1-5-12(6-2)10-13(7-8-14-12)9-11(3)4/h11H,5-10H2,1-4H3. The van der Waals surface area contributed by atoms with Crippen molar-refractivity contribution >= 4 is 0 Å². The molecule has 1 fully saturated rings. The Bertz CT molecular complexity index is 164. The van der Waals surface area contributed by atoms with Crippen molar-refractivity contribution in [1.29, 1.82) is 0 Å². The van der Waals surface area contributed by atoms with Crippen LogP contribution < -0.4 is 0 Å². The van der Waals surface area contributed by atoms with E-state index in [9.17, 15) is 0 Å². The topological polar surface area (TPSA) is 12.5 Å². The summed E-state index contributed by atoms with van der Waals surface area (Å²) >= 11 is 0. The number of morpholine rings is 1. The number of rotatable bonds is 4. The molecule has 14 heavy (non-hydrogen) atoms. The fraction of sp³-hybridized carbons (Fsp3) is 1.00. The normalized spacial score (nSPS) is 22.9. The van der Waals surface area contributed by atoms with Crippen LogP contribution in [0.1, 0.15) is 40.5 Å². The Labute approximate surface area is 88.6 Å². The van der Waals surface area contributed by atoms with Crippen LogP contribution in [0.2, 0.25) is 0 Å². The summed E-state index contributed by atoms with van der Waals surface area (Å²) in [5.74, 6) is 0.763. The molecule has 0 N–H and O–H groups in total. The summed E-state index contributed by atoms with van der Waals surface area (Å²) in [7, 11) is 0. The lowest BCUT2D eigenvalue weighted by atomic mass is 9.94. The Morgan fingerprint density at radius 3 is 2.43 bits per heavy atom. The molecule has 1 aliphatic heterocycles. The van der Waals surface area contributed by atoms with Crippen molar-refractivity contribution < 1.29 is 4.74 Å². The van der Waals surface area contributed by atoms with Gasteiger partial charge in [0.2, 0.25) is 0 Å². The summed E-state index contributed by atoms with van der Waals surface area (Å²) in [5, 5.41) is 0. The van der Waals surface area contributed by atoms with Gasteiger partial charge in [0.05, 0.1) is 12.2 Å². The van der Waals surface area contributed by atoms with Crippen molar-refractivity contribution in [1.82, 2.24) is 4.90 Å². The molecule has 1 heterocycles. The van der Waals surface area contributed by atoms with E-state index in [1.807, 2.05) is 0 Å². The predicted octanol–water partition coefficient (Wildman–Crippen LogP) is 2.53. The van der Waals surface area contributed by atoms with Crippen LogP contribution in [0.3, 0.4) is 0 Å². The molecule has 2 heteroatoms. The lowest BCUT2D eigenvalue weighted by Crippen LogP contribution is -2.51.